The van der Waals surface area contributed by atoms with Crippen molar-refractivity contribution in [3.63, 3.8) is 0 Å². The van der Waals surface area contributed by atoms with Crippen LogP contribution in [0.1, 0.15) is 37.0 Å². The summed E-state index contributed by atoms with van der Waals surface area (Å²) in [5.41, 5.74) is 0.756. The van der Waals surface area contributed by atoms with Gasteiger partial charge in [-0.15, -0.1) is 5.10 Å². The number of carbonyl (C=O) groups excluding carboxylic acids is 1. The molecule has 0 aliphatic heterocycles. The molecule has 3 rings (SSSR count). The molecule has 0 saturated carbocycles. The van der Waals surface area contributed by atoms with Crippen molar-refractivity contribution >= 4 is 21.9 Å². The molecule has 1 N–H and O–H groups in total. The van der Waals surface area contributed by atoms with Crippen molar-refractivity contribution in [1.29, 1.82) is 0 Å². The third-order valence-electron chi connectivity index (χ3n) is 4.40. The van der Waals surface area contributed by atoms with E-state index in [1.54, 1.807) is 31.3 Å². The van der Waals surface area contributed by atoms with Gasteiger partial charge >= 0.3 is 6.01 Å². The molecule has 2 heterocycles. The maximum absolute atomic E-state index is 12.8. The number of pyridine rings is 1. The van der Waals surface area contributed by atoms with Gasteiger partial charge in [0.2, 0.25) is 10.0 Å². The van der Waals surface area contributed by atoms with E-state index in [0.29, 0.717) is 18.8 Å². The summed E-state index contributed by atoms with van der Waals surface area (Å²) in [6.45, 7) is 4.67. The minimum absolute atomic E-state index is 0.0749. The molecule has 30 heavy (non-hydrogen) atoms. The SMILES string of the molecule is CCCCN(CC)S(=O)(=O)c1ccc(C(=O)Nc2nnc(-c3ccccn3)o2)cc1. The Balaban J connectivity index is 1.70. The number of nitrogens with zero attached hydrogens (tertiary/aromatic N) is 4. The van der Waals surface area contributed by atoms with Crippen LogP contribution >= 0.6 is 0 Å². The fourth-order valence-electron chi connectivity index (χ4n) is 2.75. The maximum atomic E-state index is 12.8. The highest BCUT2D eigenvalue weighted by molar-refractivity contribution is 7.89. The first kappa shape index (κ1) is 21.6. The van der Waals surface area contributed by atoms with Gasteiger partial charge in [0.1, 0.15) is 5.69 Å². The van der Waals surface area contributed by atoms with E-state index in [1.807, 2.05) is 6.92 Å². The average molecular weight is 430 g/mol. The van der Waals surface area contributed by atoms with Gasteiger partial charge in [-0.2, -0.15) is 4.31 Å². The zero-order chi connectivity index (χ0) is 21.6. The van der Waals surface area contributed by atoms with Crippen LogP contribution in [-0.2, 0) is 10.0 Å². The molecule has 9 nitrogen and oxygen atoms in total. The zero-order valence-corrected chi connectivity index (χ0v) is 17.6. The molecule has 0 fully saturated rings. The molecule has 1 aromatic carbocycles. The Morgan fingerprint density at radius 2 is 1.87 bits per heavy atom. The van der Waals surface area contributed by atoms with Crippen molar-refractivity contribution in [3.8, 4) is 11.6 Å². The van der Waals surface area contributed by atoms with Crippen LogP contribution in [0.4, 0.5) is 6.01 Å². The Morgan fingerprint density at radius 1 is 1.10 bits per heavy atom. The number of nitrogens with one attached hydrogen (secondary N) is 1. The Labute approximate surface area is 175 Å². The van der Waals surface area contributed by atoms with E-state index in [0.717, 1.165) is 12.8 Å². The van der Waals surface area contributed by atoms with E-state index in [4.69, 9.17) is 4.42 Å². The van der Waals surface area contributed by atoms with Crippen LogP contribution in [0.25, 0.3) is 11.6 Å². The molecule has 0 saturated heterocycles. The van der Waals surface area contributed by atoms with E-state index in [-0.39, 0.29) is 22.4 Å². The van der Waals surface area contributed by atoms with Gasteiger partial charge in [-0.05, 0) is 42.8 Å². The van der Waals surface area contributed by atoms with Crippen molar-refractivity contribution in [3.05, 3.63) is 54.2 Å². The summed E-state index contributed by atoms with van der Waals surface area (Å²) in [5.74, 6) is -0.312. The highest BCUT2D eigenvalue weighted by Gasteiger charge is 2.23. The van der Waals surface area contributed by atoms with Crippen molar-refractivity contribution in [2.45, 2.75) is 31.6 Å². The lowest BCUT2D eigenvalue weighted by Gasteiger charge is -2.20. The summed E-state index contributed by atoms with van der Waals surface area (Å²) in [6.07, 6.45) is 3.29. The first-order valence-electron chi connectivity index (χ1n) is 9.62. The van der Waals surface area contributed by atoms with Crippen LogP contribution in [0.5, 0.6) is 0 Å². The fourth-order valence-corrected chi connectivity index (χ4v) is 4.23. The Morgan fingerprint density at radius 3 is 2.50 bits per heavy atom. The molecule has 0 unspecified atom stereocenters. The second kappa shape index (κ2) is 9.59. The van der Waals surface area contributed by atoms with Gasteiger partial charge in [-0.25, -0.2) is 8.42 Å². The molecule has 0 aliphatic rings. The van der Waals surface area contributed by atoms with Crippen LogP contribution in [0.15, 0.2) is 58.0 Å². The Kier molecular flexibility index (Phi) is 6.91. The van der Waals surface area contributed by atoms with Gasteiger partial charge in [0.15, 0.2) is 0 Å². The minimum Gasteiger partial charge on any atom is -0.401 e. The van der Waals surface area contributed by atoms with Gasteiger partial charge in [0.05, 0.1) is 4.90 Å². The molecule has 0 radical (unpaired) electrons. The fraction of sp³-hybridized carbons (Fsp3) is 0.300. The molecular formula is C20H23N5O4S. The summed E-state index contributed by atoms with van der Waals surface area (Å²) < 4.78 is 32.4. The van der Waals surface area contributed by atoms with E-state index in [9.17, 15) is 13.2 Å². The molecule has 1 amide bonds. The van der Waals surface area contributed by atoms with Gasteiger partial charge in [0.25, 0.3) is 11.8 Å². The first-order valence-corrected chi connectivity index (χ1v) is 11.1. The molecule has 0 atom stereocenters. The lowest BCUT2D eigenvalue weighted by Crippen LogP contribution is -2.31. The van der Waals surface area contributed by atoms with Crippen molar-refractivity contribution < 1.29 is 17.6 Å². The third kappa shape index (κ3) is 4.89. The summed E-state index contributed by atoms with van der Waals surface area (Å²) in [7, 11) is -3.60. The second-order valence-corrected chi connectivity index (χ2v) is 8.39. The van der Waals surface area contributed by atoms with E-state index in [2.05, 4.69) is 20.5 Å². The van der Waals surface area contributed by atoms with Crippen molar-refractivity contribution in [2.75, 3.05) is 18.4 Å². The molecule has 158 valence electrons. The number of aromatic nitrogens is 3. The lowest BCUT2D eigenvalue weighted by molar-refractivity contribution is 0.102. The van der Waals surface area contributed by atoms with Crippen molar-refractivity contribution in [1.82, 2.24) is 19.5 Å². The smallest absolute Gasteiger partial charge is 0.322 e. The number of anilines is 1. The van der Waals surface area contributed by atoms with Gasteiger partial charge in [-0.1, -0.05) is 31.4 Å². The molecule has 10 heteroatoms. The summed E-state index contributed by atoms with van der Waals surface area (Å²) in [5, 5.41) is 10.1. The standard InChI is InChI=1S/C20H23N5O4S/c1-3-5-14-25(4-2)30(27,28)16-11-9-15(10-12-16)18(26)22-20-24-23-19(29-20)17-8-6-7-13-21-17/h6-13H,3-5,14H2,1-2H3,(H,22,24,26). The molecular weight excluding hydrogens is 406 g/mol. The Hall–Kier alpha value is -3.11. The molecule has 2 aromatic heterocycles. The molecule has 0 aliphatic carbocycles. The quantitative estimate of drug-likeness (QED) is 0.555. The van der Waals surface area contributed by atoms with Crippen molar-refractivity contribution in [2.24, 2.45) is 0 Å². The monoisotopic (exact) mass is 429 g/mol. The topological polar surface area (TPSA) is 118 Å². The molecule has 0 spiro atoms. The normalized spacial score (nSPS) is 11.6. The number of hydrogen-bond donors (Lipinski definition) is 1. The predicted molar refractivity (Wildman–Crippen MR) is 111 cm³/mol. The zero-order valence-electron chi connectivity index (χ0n) is 16.8. The summed E-state index contributed by atoms with van der Waals surface area (Å²) in [4.78, 5) is 16.7. The van der Waals surface area contributed by atoms with E-state index >= 15 is 0 Å². The number of hydrogen-bond acceptors (Lipinski definition) is 7. The van der Waals surface area contributed by atoms with E-state index < -0.39 is 15.9 Å². The number of amides is 1. The van der Waals surface area contributed by atoms with Gasteiger partial charge in [-0.3, -0.25) is 15.1 Å². The van der Waals surface area contributed by atoms with Crippen LogP contribution < -0.4 is 5.32 Å². The summed E-state index contributed by atoms with van der Waals surface area (Å²) >= 11 is 0. The minimum atomic E-state index is -3.60. The number of carbonyl (C=O) groups is 1. The second-order valence-electron chi connectivity index (χ2n) is 6.46. The number of rotatable bonds is 9. The van der Waals surface area contributed by atoms with Crippen LogP contribution in [0, 0.1) is 0 Å². The summed E-state index contributed by atoms with van der Waals surface area (Å²) in [6, 6.07) is 10.9. The van der Waals surface area contributed by atoms with Crippen LogP contribution in [-0.4, -0.2) is 46.9 Å². The third-order valence-corrected chi connectivity index (χ3v) is 6.39. The number of sulfonamides is 1. The largest absolute Gasteiger partial charge is 0.401 e. The Bertz CT molecular complexity index is 1080. The lowest BCUT2D eigenvalue weighted by atomic mass is 10.2. The highest BCUT2D eigenvalue weighted by atomic mass is 32.2. The van der Waals surface area contributed by atoms with Gasteiger partial charge < -0.3 is 4.42 Å². The van der Waals surface area contributed by atoms with E-state index in [1.165, 1.54) is 28.6 Å². The van der Waals surface area contributed by atoms with Crippen LogP contribution in [0.2, 0.25) is 0 Å². The van der Waals surface area contributed by atoms with Gasteiger partial charge in [0, 0.05) is 24.8 Å². The average Bonchev–Trinajstić information content (AvgIpc) is 3.23. The maximum Gasteiger partial charge on any atom is 0.322 e. The predicted octanol–water partition coefficient (Wildman–Crippen LogP) is 3.19. The highest BCUT2D eigenvalue weighted by Crippen LogP contribution is 2.19. The van der Waals surface area contributed by atoms with Crippen LogP contribution in [0.3, 0.4) is 0 Å². The number of unbranched alkanes of at least 4 members (excludes halogenated alkanes) is 1. The number of benzene rings is 1. The first-order chi connectivity index (χ1) is 14.5. The molecule has 3 aromatic rings. The molecule has 0 bridgehead atoms.